The first-order chi connectivity index (χ1) is 5.52. The van der Waals surface area contributed by atoms with Crippen LogP contribution in [0.4, 0.5) is 8.78 Å². The third kappa shape index (κ3) is 2.04. The zero-order valence-corrected chi connectivity index (χ0v) is 9.42. The number of rotatable bonds is 1. The third-order valence-corrected chi connectivity index (χ3v) is 2.56. The molecular weight excluding hydrogens is 294 g/mol. The molecule has 0 saturated heterocycles. The number of benzene rings is 1. The summed E-state index contributed by atoms with van der Waals surface area (Å²) in [4.78, 5) is -0.132. The Kier molecular flexibility index (Phi) is 3.23. The van der Waals surface area contributed by atoms with Crippen LogP contribution in [0.1, 0.15) is 17.3 Å². The van der Waals surface area contributed by atoms with E-state index in [1.54, 1.807) is 6.92 Å². The van der Waals surface area contributed by atoms with Gasteiger partial charge in [0.05, 0.1) is 0 Å². The number of alkyl halides is 1. The van der Waals surface area contributed by atoms with E-state index in [9.17, 15) is 8.78 Å². The highest BCUT2D eigenvalue weighted by molar-refractivity contribution is 9.11. The van der Waals surface area contributed by atoms with E-state index in [0.717, 1.165) is 6.07 Å². The third-order valence-electron chi connectivity index (χ3n) is 1.44. The van der Waals surface area contributed by atoms with Gasteiger partial charge in [0.25, 0.3) is 0 Å². The Morgan fingerprint density at radius 1 is 1.33 bits per heavy atom. The molecule has 4 heteroatoms. The lowest BCUT2D eigenvalue weighted by Gasteiger charge is -2.07. The van der Waals surface area contributed by atoms with E-state index in [-0.39, 0.29) is 4.83 Å². The summed E-state index contributed by atoms with van der Waals surface area (Å²) in [5.74, 6) is -1.11. The molecular formula is C8H6Br2F2. The average Bonchev–Trinajstić information content (AvgIpc) is 1.82. The summed E-state index contributed by atoms with van der Waals surface area (Å²) >= 11 is 6.30. The molecule has 1 aromatic carbocycles. The highest BCUT2D eigenvalue weighted by atomic mass is 79.9. The van der Waals surface area contributed by atoms with Crippen LogP contribution in [0.3, 0.4) is 0 Å². The zero-order valence-electron chi connectivity index (χ0n) is 6.24. The molecule has 0 nitrogen and oxygen atoms in total. The first-order valence-electron chi connectivity index (χ1n) is 3.31. The Morgan fingerprint density at radius 2 is 1.92 bits per heavy atom. The lowest BCUT2D eigenvalue weighted by Crippen LogP contribution is -1.93. The van der Waals surface area contributed by atoms with Crippen molar-refractivity contribution in [1.29, 1.82) is 0 Å². The number of hydrogen-bond donors (Lipinski definition) is 0. The number of hydrogen-bond acceptors (Lipinski definition) is 0. The second kappa shape index (κ2) is 3.83. The molecule has 0 amide bonds. The molecule has 0 fully saturated rings. The molecule has 12 heavy (non-hydrogen) atoms. The van der Waals surface area contributed by atoms with Crippen LogP contribution in [0, 0.1) is 11.6 Å². The lowest BCUT2D eigenvalue weighted by atomic mass is 10.1. The smallest absolute Gasteiger partial charge is 0.131 e. The van der Waals surface area contributed by atoms with Crippen LogP contribution in [0.15, 0.2) is 16.6 Å². The van der Waals surface area contributed by atoms with Crippen molar-refractivity contribution >= 4 is 31.9 Å². The fourth-order valence-electron chi connectivity index (χ4n) is 0.933. The van der Waals surface area contributed by atoms with Gasteiger partial charge in [0, 0.05) is 20.9 Å². The molecule has 1 unspecified atom stereocenters. The van der Waals surface area contributed by atoms with E-state index in [1.807, 2.05) is 0 Å². The molecule has 0 bridgehead atoms. The SMILES string of the molecule is CC(Br)c1c(F)cc(F)cc1Br. The van der Waals surface area contributed by atoms with Gasteiger partial charge in [-0.25, -0.2) is 8.78 Å². The van der Waals surface area contributed by atoms with E-state index < -0.39 is 11.6 Å². The summed E-state index contributed by atoms with van der Waals surface area (Å²) in [6.07, 6.45) is 0. The van der Waals surface area contributed by atoms with E-state index in [0.29, 0.717) is 10.0 Å². The molecule has 0 heterocycles. The summed E-state index contributed by atoms with van der Waals surface area (Å²) in [6.45, 7) is 1.78. The van der Waals surface area contributed by atoms with Crippen molar-refractivity contribution in [2.45, 2.75) is 11.8 Å². The van der Waals surface area contributed by atoms with Gasteiger partial charge in [0.15, 0.2) is 0 Å². The Labute approximate surface area is 86.2 Å². The fraction of sp³-hybridized carbons (Fsp3) is 0.250. The minimum atomic E-state index is -0.573. The molecule has 0 saturated carbocycles. The first kappa shape index (κ1) is 10.1. The van der Waals surface area contributed by atoms with Crippen LogP contribution in [-0.4, -0.2) is 0 Å². The highest BCUT2D eigenvalue weighted by Crippen LogP contribution is 2.31. The van der Waals surface area contributed by atoms with Gasteiger partial charge in [-0.3, -0.25) is 0 Å². The predicted octanol–water partition coefficient (Wildman–Crippen LogP) is 4.18. The predicted molar refractivity (Wildman–Crippen MR) is 51.4 cm³/mol. The van der Waals surface area contributed by atoms with Gasteiger partial charge in [-0.15, -0.1) is 0 Å². The molecule has 0 N–H and O–H groups in total. The normalized spacial score (nSPS) is 13.1. The molecule has 0 spiro atoms. The van der Waals surface area contributed by atoms with Gasteiger partial charge >= 0.3 is 0 Å². The van der Waals surface area contributed by atoms with Gasteiger partial charge in [-0.2, -0.15) is 0 Å². The van der Waals surface area contributed by atoms with E-state index in [4.69, 9.17) is 0 Å². The monoisotopic (exact) mass is 298 g/mol. The second-order valence-electron chi connectivity index (χ2n) is 2.40. The van der Waals surface area contributed by atoms with Crippen molar-refractivity contribution < 1.29 is 8.78 Å². The van der Waals surface area contributed by atoms with Gasteiger partial charge in [0.2, 0.25) is 0 Å². The summed E-state index contributed by atoms with van der Waals surface area (Å²) in [5, 5.41) is 0. The van der Waals surface area contributed by atoms with Crippen LogP contribution >= 0.6 is 31.9 Å². The van der Waals surface area contributed by atoms with Crippen LogP contribution in [0.5, 0.6) is 0 Å². The maximum atomic E-state index is 13.1. The quantitative estimate of drug-likeness (QED) is 0.682. The summed E-state index contributed by atoms with van der Waals surface area (Å²) in [5.41, 5.74) is 0.441. The van der Waals surface area contributed by atoms with Crippen LogP contribution < -0.4 is 0 Å². The molecule has 0 aliphatic rings. The molecule has 1 atom stereocenters. The van der Waals surface area contributed by atoms with Crippen LogP contribution in [0.2, 0.25) is 0 Å². The fourth-order valence-corrected chi connectivity index (χ4v) is 2.46. The topological polar surface area (TPSA) is 0 Å². The van der Waals surface area contributed by atoms with E-state index in [2.05, 4.69) is 31.9 Å². The summed E-state index contributed by atoms with van der Waals surface area (Å²) < 4.78 is 26.1. The minimum Gasteiger partial charge on any atom is -0.207 e. The van der Waals surface area contributed by atoms with Gasteiger partial charge in [-0.05, 0) is 13.0 Å². The van der Waals surface area contributed by atoms with Gasteiger partial charge in [0.1, 0.15) is 11.6 Å². The first-order valence-corrected chi connectivity index (χ1v) is 5.01. The largest absolute Gasteiger partial charge is 0.207 e. The maximum Gasteiger partial charge on any atom is 0.131 e. The zero-order chi connectivity index (χ0) is 9.30. The maximum absolute atomic E-state index is 13.1. The molecule has 0 aromatic heterocycles. The molecule has 0 radical (unpaired) electrons. The van der Waals surface area contributed by atoms with Crippen molar-refractivity contribution in [3.8, 4) is 0 Å². The molecule has 0 aliphatic heterocycles. The lowest BCUT2D eigenvalue weighted by molar-refractivity contribution is 0.571. The average molecular weight is 300 g/mol. The Bertz CT molecular complexity index is 274. The van der Waals surface area contributed by atoms with Gasteiger partial charge < -0.3 is 0 Å². The Balaban J connectivity index is 3.28. The molecule has 0 aliphatic carbocycles. The second-order valence-corrected chi connectivity index (χ2v) is 4.63. The van der Waals surface area contributed by atoms with Crippen molar-refractivity contribution in [2.75, 3.05) is 0 Å². The van der Waals surface area contributed by atoms with Crippen molar-refractivity contribution in [1.82, 2.24) is 0 Å². The Hall–Kier alpha value is 0.0400. The number of halogens is 4. The van der Waals surface area contributed by atoms with Crippen LogP contribution in [-0.2, 0) is 0 Å². The minimum absolute atomic E-state index is 0.132. The summed E-state index contributed by atoms with van der Waals surface area (Å²) in [6, 6.07) is 2.12. The molecule has 1 aromatic rings. The van der Waals surface area contributed by atoms with E-state index >= 15 is 0 Å². The standard InChI is InChI=1S/C8H6Br2F2/c1-4(9)8-6(10)2-5(11)3-7(8)12/h2-4H,1H3. The summed E-state index contributed by atoms with van der Waals surface area (Å²) in [7, 11) is 0. The van der Waals surface area contributed by atoms with E-state index in [1.165, 1.54) is 6.07 Å². The van der Waals surface area contributed by atoms with Crippen LogP contribution in [0.25, 0.3) is 0 Å². The molecule has 1 rings (SSSR count). The Morgan fingerprint density at radius 3 is 2.33 bits per heavy atom. The van der Waals surface area contributed by atoms with Crippen molar-refractivity contribution in [2.24, 2.45) is 0 Å². The van der Waals surface area contributed by atoms with Crippen molar-refractivity contribution in [3.63, 3.8) is 0 Å². The van der Waals surface area contributed by atoms with Crippen molar-refractivity contribution in [3.05, 3.63) is 33.8 Å². The molecule has 66 valence electrons. The van der Waals surface area contributed by atoms with Gasteiger partial charge in [-0.1, -0.05) is 31.9 Å². The highest BCUT2D eigenvalue weighted by Gasteiger charge is 2.13.